The summed E-state index contributed by atoms with van der Waals surface area (Å²) < 4.78 is 10.9. The number of pyridine rings is 1. The van der Waals surface area contributed by atoms with Gasteiger partial charge in [0.15, 0.2) is 0 Å². The quantitative estimate of drug-likeness (QED) is 0.780. The van der Waals surface area contributed by atoms with Crippen molar-refractivity contribution in [3.05, 3.63) is 23.4 Å². The highest BCUT2D eigenvalue weighted by atomic mass is 35.5. The van der Waals surface area contributed by atoms with Crippen molar-refractivity contribution < 1.29 is 4.74 Å². The zero-order chi connectivity index (χ0) is 15.1. The van der Waals surface area contributed by atoms with Crippen molar-refractivity contribution in [3.8, 4) is 11.4 Å². The first kappa shape index (κ1) is 13.9. The van der Waals surface area contributed by atoms with E-state index in [-0.39, 0.29) is 6.04 Å². The summed E-state index contributed by atoms with van der Waals surface area (Å²) in [6, 6.07) is 4.08. The van der Waals surface area contributed by atoms with Crippen LogP contribution in [-0.4, -0.2) is 45.4 Å². The summed E-state index contributed by atoms with van der Waals surface area (Å²) in [6.45, 7) is 4.34. The molecule has 0 radical (unpaired) electrons. The zero-order valence-electron chi connectivity index (χ0n) is 11.9. The van der Waals surface area contributed by atoms with Crippen LogP contribution in [0.2, 0.25) is 5.02 Å². The molecule has 6 nitrogen and oxygen atoms in total. The summed E-state index contributed by atoms with van der Waals surface area (Å²) in [5.74, 6) is 0.870. The van der Waals surface area contributed by atoms with Crippen LogP contribution < -0.4 is 4.90 Å². The third-order valence-electron chi connectivity index (χ3n) is 3.78. The van der Waals surface area contributed by atoms with Crippen LogP contribution in [0.1, 0.15) is 6.92 Å². The summed E-state index contributed by atoms with van der Waals surface area (Å²) in [6.07, 6.45) is 1.70. The molecule has 8 heteroatoms. The molecule has 0 aliphatic carbocycles. The lowest BCUT2D eigenvalue weighted by Crippen LogP contribution is -2.44. The molecule has 1 atom stereocenters. The minimum atomic E-state index is 0.275. The first-order chi connectivity index (χ1) is 10.7. The average Bonchev–Trinajstić information content (AvgIpc) is 3.16. The number of anilines is 1. The third-order valence-corrected chi connectivity index (χ3v) is 5.06. The highest BCUT2D eigenvalue weighted by Crippen LogP contribution is 2.36. The normalized spacial score (nSPS) is 19.0. The molecule has 1 aliphatic heterocycles. The zero-order valence-corrected chi connectivity index (χ0v) is 13.5. The minimum absolute atomic E-state index is 0.275. The van der Waals surface area contributed by atoms with Crippen molar-refractivity contribution >= 4 is 39.2 Å². The number of H-pyrrole nitrogens is 1. The number of aromatic amines is 1. The van der Waals surface area contributed by atoms with Crippen LogP contribution >= 0.6 is 23.1 Å². The summed E-state index contributed by atoms with van der Waals surface area (Å²) in [4.78, 5) is 7.04. The monoisotopic (exact) mass is 335 g/mol. The van der Waals surface area contributed by atoms with E-state index in [1.807, 2.05) is 12.1 Å². The van der Waals surface area contributed by atoms with Crippen molar-refractivity contribution in [1.29, 1.82) is 0 Å². The number of hydrogen-bond donors (Lipinski definition) is 1. The van der Waals surface area contributed by atoms with Crippen LogP contribution in [0.25, 0.3) is 21.6 Å². The van der Waals surface area contributed by atoms with Gasteiger partial charge in [-0.1, -0.05) is 11.6 Å². The second-order valence-electron chi connectivity index (χ2n) is 5.26. The van der Waals surface area contributed by atoms with Gasteiger partial charge in [-0.3, -0.25) is 5.10 Å². The number of halogens is 1. The number of fused-ring (bicyclic) bond motifs is 1. The van der Waals surface area contributed by atoms with Crippen molar-refractivity contribution in [1.82, 2.24) is 19.6 Å². The number of nitrogens with zero attached hydrogens (tertiary/aromatic N) is 4. The molecule has 1 aliphatic rings. The van der Waals surface area contributed by atoms with Crippen molar-refractivity contribution in [2.45, 2.75) is 13.0 Å². The molecule has 114 valence electrons. The van der Waals surface area contributed by atoms with E-state index in [1.54, 1.807) is 6.20 Å². The van der Waals surface area contributed by atoms with Crippen LogP contribution in [0.15, 0.2) is 18.3 Å². The van der Waals surface area contributed by atoms with Gasteiger partial charge >= 0.3 is 0 Å². The van der Waals surface area contributed by atoms with Gasteiger partial charge in [0.2, 0.25) is 0 Å². The van der Waals surface area contributed by atoms with E-state index in [1.165, 1.54) is 11.5 Å². The Morgan fingerprint density at radius 2 is 2.41 bits per heavy atom. The van der Waals surface area contributed by atoms with E-state index in [9.17, 15) is 0 Å². The fourth-order valence-corrected chi connectivity index (χ4v) is 3.68. The van der Waals surface area contributed by atoms with Gasteiger partial charge in [0, 0.05) is 18.8 Å². The predicted molar refractivity (Wildman–Crippen MR) is 87.6 cm³/mol. The fraction of sp³-hybridized carbons (Fsp3) is 0.357. The molecule has 0 unspecified atom stereocenters. The molecule has 4 rings (SSSR count). The Morgan fingerprint density at radius 3 is 3.18 bits per heavy atom. The molecule has 22 heavy (non-hydrogen) atoms. The Hall–Kier alpha value is -1.70. The maximum Gasteiger partial charge on any atom is 0.131 e. The third kappa shape index (κ3) is 2.25. The van der Waals surface area contributed by atoms with Crippen LogP contribution in [0.4, 0.5) is 5.82 Å². The van der Waals surface area contributed by atoms with Crippen LogP contribution in [0.3, 0.4) is 0 Å². The Balaban J connectivity index is 1.85. The van der Waals surface area contributed by atoms with E-state index < -0.39 is 0 Å². The van der Waals surface area contributed by atoms with Crippen molar-refractivity contribution in [3.63, 3.8) is 0 Å². The van der Waals surface area contributed by atoms with Gasteiger partial charge in [-0.05, 0) is 24.5 Å². The smallest absolute Gasteiger partial charge is 0.131 e. The number of hydrogen-bond acceptors (Lipinski definition) is 6. The molecule has 0 amide bonds. The van der Waals surface area contributed by atoms with Crippen molar-refractivity contribution in [2.24, 2.45) is 0 Å². The summed E-state index contributed by atoms with van der Waals surface area (Å²) in [5, 5.41) is 7.60. The average molecular weight is 336 g/mol. The van der Waals surface area contributed by atoms with E-state index in [0.717, 1.165) is 34.0 Å². The number of aromatic nitrogens is 4. The second-order valence-corrected chi connectivity index (χ2v) is 6.44. The fourth-order valence-electron chi connectivity index (χ4n) is 2.65. The highest BCUT2D eigenvalue weighted by molar-refractivity contribution is 7.14. The van der Waals surface area contributed by atoms with Crippen molar-refractivity contribution in [2.75, 3.05) is 24.7 Å². The highest BCUT2D eigenvalue weighted by Gasteiger charge is 2.23. The first-order valence-electron chi connectivity index (χ1n) is 7.04. The van der Waals surface area contributed by atoms with E-state index >= 15 is 0 Å². The van der Waals surface area contributed by atoms with Gasteiger partial charge < -0.3 is 9.64 Å². The molecule has 4 heterocycles. The topological polar surface area (TPSA) is 66.9 Å². The first-order valence-corrected chi connectivity index (χ1v) is 8.19. The van der Waals surface area contributed by atoms with Gasteiger partial charge in [0.1, 0.15) is 17.0 Å². The Morgan fingerprint density at radius 1 is 1.50 bits per heavy atom. The molecular weight excluding hydrogens is 322 g/mol. The molecule has 3 aromatic heterocycles. The van der Waals surface area contributed by atoms with Crippen LogP contribution in [0.5, 0.6) is 0 Å². The maximum atomic E-state index is 6.45. The SMILES string of the molecule is C[C@@H]1COCCN1c1cc(Cl)c2snc(-c3ccn[nH]3)c2n1. The maximum absolute atomic E-state index is 6.45. The molecule has 1 saturated heterocycles. The number of ether oxygens (including phenoxy) is 1. The van der Waals surface area contributed by atoms with E-state index in [4.69, 9.17) is 21.3 Å². The van der Waals surface area contributed by atoms with Gasteiger partial charge in [-0.2, -0.15) is 9.47 Å². The second kappa shape index (κ2) is 5.49. The molecule has 1 N–H and O–H groups in total. The van der Waals surface area contributed by atoms with Gasteiger partial charge in [0.05, 0.1) is 34.7 Å². The molecule has 0 bridgehead atoms. The predicted octanol–water partition coefficient (Wildman–Crippen LogP) is 2.96. The lowest BCUT2D eigenvalue weighted by molar-refractivity contribution is 0.0986. The number of nitrogens with one attached hydrogen (secondary N) is 1. The lowest BCUT2D eigenvalue weighted by Gasteiger charge is -2.34. The van der Waals surface area contributed by atoms with E-state index in [2.05, 4.69) is 26.4 Å². The molecule has 1 fully saturated rings. The summed E-state index contributed by atoms with van der Waals surface area (Å²) in [5.41, 5.74) is 2.46. The Bertz CT molecular complexity index is 803. The lowest BCUT2D eigenvalue weighted by atomic mass is 10.2. The largest absolute Gasteiger partial charge is 0.377 e. The molecule has 3 aromatic rings. The Kier molecular flexibility index (Phi) is 3.48. The Labute approximate surface area is 136 Å². The summed E-state index contributed by atoms with van der Waals surface area (Å²) in [7, 11) is 0. The van der Waals surface area contributed by atoms with E-state index in [0.29, 0.717) is 18.2 Å². The standard InChI is InChI=1S/C14H14ClN5OS/c1-8-7-21-5-4-20(8)11-6-9(15)14-13(17-11)12(19-22-14)10-2-3-16-18-10/h2-3,6,8H,4-5,7H2,1H3,(H,16,18)/t8-/m1/s1. The molecule has 0 spiro atoms. The van der Waals surface area contributed by atoms with Gasteiger partial charge in [0.25, 0.3) is 0 Å². The minimum Gasteiger partial charge on any atom is -0.377 e. The number of morpholine rings is 1. The van der Waals surface area contributed by atoms with Gasteiger partial charge in [-0.25, -0.2) is 4.98 Å². The molecular formula is C14H14ClN5OS. The number of rotatable bonds is 2. The molecule has 0 saturated carbocycles. The van der Waals surface area contributed by atoms with Crippen LogP contribution in [-0.2, 0) is 4.74 Å². The van der Waals surface area contributed by atoms with Gasteiger partial charge in [-0.15, -0.1) is 0 Å². The molecule has 0 aromatic carbocycles. The van der Waals surface area contributed by atoms with Crippen LogP contribution in [0, 0.1) is 0 Å². The summed E-state index contributed by atoms with van der Waals surface area (Å²) >= 11 is 7.81.